The summed E-state index contributed by atoms with van der Waals surface area (Å²) >= 11 is 18.9. The van der Waals surface area contributed by atoms with Gasteiger partial charge in [-0.05, 0) is 85.5 Å². The minimum Gasteiger partial charge on any atom is -0.487 e. The van der Waals surface area contributed by atoms with Crippen LogP contribution in [0.3, 0.4) is 0 Å². The maximum absolute atomic E-state index is 13.8. The van der Waals surface area contributed by atoms with Crippen molar-refractivity contribution in [3.8, 4) is 11.8 Å². The van der Waals surface area contributed by atoms with Crippen LogP contribution >= 0.6 is 55.1 Å². The summed E-state index contributed by atoms with van der Waals surface area (Å²) in [5, 5.41) is 12.7. The molecular weight excluding hydrogens is 586 g/mol. The van der Waals surface area contributed by atoms with Crippen molar-refractivity contribution in [3.63, 3.8) is 0 Å². The fourth-order valence-corrected chi connectivity index (χ4v) is 4.42. The number of nitriles is 1. The maximum atomic E-state index is 13.8. The number of para-hydroxylation sites is 1. The van der Waals surface area contributed by atoms with E-state index in [1.807, 2.05) is 6.07 Å². The lowest BCUT2D eigenvalue weighted by Gasteiger charge is -2.12. The number of nitrogens with one attached hydrogen (secondary N) is 1. The van der Waals surface area contributed by atoms with E-state index in [0.717, 1.165) is 5.56 Å². The number of nitrogens with zero attached hydrogens (tertiary/aromatic N) is 1. The van der Waals surface area contributed by atoms with Crippen LogP contribution in [0.25, 0.3) is 6.08 Å². The van der Waals surface area contributed by atoms with E-state index >= 15 is 0 Å². The zero-order valence-corrected chi connectivity index (χ0v) is 20.8. The van der Waals surface area contributed by atoms with E-state index in [4.69, 9.17) is 27.9 Å². The average molecular weight is 599 g/mol. The first-order valence-electron chi connectivity index (χ1n) is 9.02. The van der Waals surface area contributed by atoms with Crippen molar-refractivity contribution in [2.45, 2.75) is 6.61 Å². The lowest BCUT2D eigenvalue weighted by Crippen LogP contribution is -2.14. The van der Waals surface area contributed by atoms with Crippen LogP contribution in [-0.4, -0.2) is 5.91 Å². The number of ether oxygens (including phenoxy) is 1. The molecule has 4 nitrogen and oxygen atoms in total. The molecule has 162 valence electrons. The average Bonchev–Trinajstić information content (AvgIpc) is 2.75. The monoisotopic (exact) mass is 596 g/mol. The minimum absolute atomic E-state index is 0.00735. The van der Waals surface area contributed by atoms with E-state index in [1.54, 1.807) is 36.4 Å². The molecule has 0 saturated carbocycles. The number of benzene rings is 3. The molecule has 0 unspecified atom stereocenters. The Morgan fingerprint density at radius 2 is 1.78 bits per heavy atom. The highest BCUT2D eigenvalue weighted by atomic mass is 79.9. The third-order valence-electron chi connectivity index (χ3n) is 4.19. The third-order valence-corrected chi connectivity index (χ3v) is 6.10. The highest BCUT2D eigenvalue weighted by molar-refractivity contribution is 9.11. The van der Waals surface area contributed by atoms with E-state index < -0.39 is 11.7 Å². The lowest BCUT2D eigenvalue weighted by molar-refractivity contribution is -0.112. The Hall–Kier alpha value is -2.37. The van der Waals surface area contributed by atoms with Gasteiger partial charge in [0.2, 0.25) is 0 Å². The molecule has 0 radical (unpaired) electrons. The van der Waals surface area contributed by atoms with Gasteiger partial charge in [-0.3, -0.25) is 4.79 Å². The Bertz CT molecular complexity index is 1240. The lowest BCUT2D eigenvalue weighted by atomic mass is 10.1. The van der Waals surface area contributed by atoms with Gasteiger partial charge < -0.3 is 10.1 Å². The van der Waals surface area contributed by atoms with E-state index in [2.05, 4.69) is 37.2 Å². The summed E-state index contributed by atoms with van der Waals surface area (Å²) in [6, 6.07) is 16.2. The van der Waals surface area contributed by atoms with Crippen LogP contribution in [0.5, 0.6) is 5.75 Å². The van der Waals surface area contributed by atoms with E-state index in [-0.39, 0.29) is 17.9 Å². The fourth-order valence-electron chi connectivity index (χ4n) is 2.65. The Morgan fingerprint density at radius 3 is 2.41 bits per heavy atom. The van der Waals surface area contributed by atoms with E-state index in [0.29, 0.717) is 30.3 Å². The molecule has 0 fully saturated rings. The molecule has 1 amide bonds. The van der Waals surface area contributed by atoms with Crippen molar-refractivity contribution in [2.24, 2.45) is 0 Å². The first kappa shape index (κ1) is 24.3. The normalized spacial score (nSPS) is 11.1. The summed E-state index contributed by atoms with van der Waals surface area (Å²) in [5.74, 6) is -0.778. The molecule has 0 spiro atoms. The maximum Gasteiger partial charge on any atom is 0.266 e. The van der Waals surface area contributed by atoms with Crippen molar-refractivity contribution in [2.75, 3.05) is 5.32 Å². The van der Waals surface area contributed by atoms with Crippen LogP contribution in [0.15, 0.2) is 69.1 Å². The van der Waals surface area contributed by atoms with Crippen molar-refractivity contribution in [1.29, 1.82) is 5.26 Å². The number of anilines is 1. The number of hydrogen-bond donors (Lipinski definition) is 1. The number of amides is 1. The van der Waals surface area contributed by atoms with E-state index in [9.17, 15) is 14.4 Å². The highest BCUT2D eigenvalue weighted by Crippen LogP contribution is 2.36. The largest absolute Gasteiger partial charge is 0.487 e. The van der Waals surface area contributed by atoms with Crippen LogP contribution in [0.2, 0.25) is 10.0 Å². The van der Waals surface area contributed by atoms with Crippen LogP contribution in [-0.2, 0) is 11.4 Å². The number of rotatable bonds is 6. The topological polar surface area (TPSA) is 62.1 Å². The highest BCUT2D eigenvalue weighted by Gasteiger charge is 2.14. The summed E-state index contributed by atoms with van der Waals surface area (Å²) in [6.45, 7) is 0.248. The van der Waals surface area contributed by atoms with Crippen molar-refractivity contribution < 1.29 is 13.9 Å². The summed E-state index contributed by atoms with van der Waals surface area (Å²) < 4.78 is 20.9. The zero-order chi connectivity index (χ0) is 23.3. The van der Waals surface area contributed by atoms with Gasteiger partial charge >= 0.3 is 0 Å². The Morgan fingerprint density at radius 1 is 1.09 bits per heavy atom. The molecule has 0 aromatic heterocycles. The molecule has 3 aromatic carbocycles. The molecule has 32 heavy (non-hydrogen) atoms. The molecule has 0 aliphatic heterocycles. The van der Waals surface area contributed by atoms with Gasteiger partial charge in [-0.1, -0.05) is 41.4 Å². The van der Waals surface area contributed by atoms with Gasteiger partial charge in [-0.25, -0.2) is 4.39 Å². The van der Waals surface area contributed by atoms with Gasteiger partial charge in [0, 0.05) is 0 Å². The van der Waals surface area contributed by atoms with Crippen LogP contribution in [0.1, 0.15) is 11.1 Å². The van der Waals surface area contributed by atoms with Gasteiger partial charge in [0.1, 0.15) is 29.8 Å². The van der Waals surface area contributed by atoms with Gasteiger partial charge in [0.25, 0.3) is 5.91 Å². The Balaban J connectivity index is 1.78. The van der Waals surface area contributed by atoms with Crippen LogP contribution in [0, 0.1) is 17.1 Å². The second-order valence-corrected chi connectivity index (χ2v) is 8.98. The standard InChI is InChI=1S/C23H13Br2Cl2FN2O2/c24-16-8-14(7-15(11-29)23(31)30-21-4-2-1-3-20(21)28)9-17(25)22(16)32-12-13-5-6-18(26)19(27)10-13/h1-10H,12H2,(H,30,31)/b15-7-. The number of halogens is 5. The number of carbonyl (C=O) groups is 1. The summed E-state index contributed by atoms with van der Waals surface area (Å²) in [5.41, 5.74) is 1.20. The zero-order valence-electron chi connectivity index (χ0n) is 16.1. The van der Waals surface area contributed by atoms with Gasteiger partial charge in [-0.2, -0.15) is 5.26 Å². The second-order valence-electron chi connectivity index (χ2n) is 6.45. The molecule has 0 aliphatic carbocycles. The smallest absolute Gasteiger partial charge is 0.266 e. The van der Waals surface area contributed by atoms with Gasteiger partial charge in [0.15, 0.2) is 0 Å². The summed E-state index contributed by atoms with van der Waals surface area (Å²) in [6.07, 6.45) is 1.40. The number of carbonyl (C=O) groups excluding carboxylic acids is 1. The van der Waals surface area contributed by atoms with Crippen LogP contribution < -0.4 is 10.1 Å². The molecule has 0 heterocycles. The Kier molecular flexibility index (Phi) is 8.32. The van der Waals surface area contributed by atoms with Crippen LogP contribution in [0.4, 0.5) is 10.1 Å². The Labute approximate surface area is 210 Å². The molecule has 0 aliphatic rings. The van der Waals surface area contributed by atoms with Crippen molar-refractivity contribution >= 4 is 72.7 Å². The number of hydrogen-bond acceptors (Lipinski definition) is 3. The fraction of sp³-hybridized carbons (Fsp3) is 0.0435. The van der Waals surface area contributed by atoms with Crippen molar-refractivity contribution in [3.05, 3.63) is 96.1 Å². The molecule has 3 rings (SSSR count). The molecular formula is C23H13Br2Cl2FN2O2. The molecule has 1 N–H and O–H groups in total. The summed E-state index contributed by atoms with van der Waals surface area (Å²) in [7, 11) is 0. The molecule has 0 bridgehead atoms. The predicted molar refractivity (Wildman–Crippen MR) is 131 cm³/mol. The minimum atomic E-state index is -0.718. The second kappa shape index (κ2) is 11.0. The van der Waals surface area contributed by atoms with Gasteiger partial charge in [-0.15, -0.1) is 0 Å². The SMILES string of the molecule is N#C/C(=C/c1cc(Br)c(OCc2ccc(Cl)c(Cl)c2)c(Br)c1)C(=O)Nc1ccccc1F. The van der Waals surface area contributed by atoms with Gasteiger partial charge in [0.05, 0.1) is 24.7 Å². The first-order valence-corrected chi connectivity index (χ1v) is 11.4. The molecule has 0 saturated heterocycles. The third kappa shape index (κ3) is 6.11. The van der Waals surface area contributed by atoms with E-state index in [1.165, 1.54) is 24.3 Å². The quantitative estimate of drug-likeness (QED) is 0.233. The first-order chi connectivity index (χ1) is 15.3. The predicted octanol–water partition coefficient (Wildman–Crippen LogP) is 7.78. The summed E-state index contributed by atoms with van der Waals surface area (Å²) in [4.78, 5) is 12.4. The molecule has 3 aromatic rings. The molecule has 0 atom stereocenters. The van der Waals surface area contributed by atoms with Crippen molar-refractivity contribution in [1.82, 2.24) is 0 Å². The molecule has 9 heteroatoms.